The highest BCUT2D eigenvalue weighted by Gasteiger charge is 2.18. The van der Waals surface area contributed by atoms with Crippen molar-refractivity contribution in [3.8, 4) is 0 Å². The summed E-state index contributed by atoms with van der Waals surface area (Å²) in [4.78, 5) is 16.6. The molecule has 26 heavy (non-hydrogen) atoms. The third kappa shape index (κ3) is 5.70. The van der Waals surface area contributed by atoms with Crippen LogP contribution in [0.5, 0.6) is 0 Å². The summed E-state index contributed by atoms with van der Waals surface area (Å²) in [6.45, 7) is 2.10. The van der Waals surface area contributed by atoms with Gasteiger partial charge in [-0.3, -0.25) is 9.48 Å². The molecule has 0 radical (unpaired) electrons. The van der Waals surface area contributed by atoms with Crippen molar-refractivity contribution in [2.75, 3.05) is 30.8 Å². The zero-order valence-electron chi connectivity index (χ0n) is 14.4. The molecule has 7 nitrogen and oxygen atoms in total. The highest BCUT2D eigenvalue weighted by molar-refractivity contribution is 7.98. The van der Waals surface area contributed by atoms with Crippen LogP contribution in [0.4, 0.5) is 5.82 Å². The van der Waals surface area contributed by atoms with Gasteiger partial charge in [0.1, 0.15) is 5.82 Å². The fourth-order valence-electron chi connectivity index (χ4n) is 2.79. The molecule has 1 aliphatic rings. The molecule has 1 amide bonds. The second-order valence-electron chi connectivity index (χ2n) is 5.96. The number of pyridine rings is 1. The van der Waals surface area contributed by atoms with E-state index < -0.39 is 0 Å². The Labute approximate surface area is 163 Å². The van der Waals surface area contributed by atoms with Crippen molar-refractivity contribution in [2.45, 2.75) is 24.6 Å². The van der Waals surface area contributed by atoms with Gasteiger partial charge in [-0.1, -0.05) is 0 Å². The van der Waals surface area contributed by atoms with Gasteiger partial charge in [-0.2, -0.15) is 16.9 Å². The molecule has 142 valence electrons. The van der Waals surface area contributed by atoms with Gasteiger partial charge in [0.2, 0.25) is 0 Å². The lowest BCUT2D eigenvalue weighted by Crippen LogP contribution is -2.32. The molecule has 1 saturated heterocycles. The normalized spacial score (nSPS) is 16.7. The Balaban J connectivity index is 0.00000243. The lowest BCUT2D eigenvalue weighted by Gasteiger charge is -2.22. The van der Waals surface area contributed by atoms with E-state index in [-0.39, 0.29) is 24.9 Å². The number of hydrogen-bond acceptors (Lipinski definition) is 6. The third-order valence-corrected chi connectivity index (χ3v) is 5.06. The van der Waals surface area contributed by atoms with Crippen LogP contribution in [0.2, 0.25) is 0 Å². The number of thioether (sulfide) groups is 1. The zero-order valence-corrected chi connectivity index (χ0v) is 16.1. The molecular weight excluding hydrogens is 374 g/mol. The first-order valence-corrected chi connectivity index (χ1v) is 9.62. The number of aliphatic hydroxyl groups is 1. The number of anilines is 1. The summed E-state index contributed by atoms with van der Waals surface area (Å²) in [7, 11) is 0. The molecule has 0 spiro atoms. The van der Waals surface area contributed by atoms with Gasteiger partial charge in [0.25, 0.3) is 5.91 Å². The number of nitrogens with zero attached hydrogens (tertiary/aromatic N) is 3. The number of halogens is 1. The fraction of sp³-hybridized carbons (Fsp3) is 0.471. The van der Waals surface area contributed by atoms with E-state index in [1.165, 1.54) is 0 Å². The number of nitrogens with one attached hydrogen (secondary N) is 2. The van der Waals surface area contributed by atoms with Crippen LogP contribution in [0.3, 0.4) is 0 Å². The minimum Gasteiger partial charge on any atom is -0.396 e. The van der Waals surface area contributed by atoms with E-state index in [0.717, 1.165) is 37.2 Å². The van der Waals surface area contributed by atoms with Gasteiger partial charge in [0.05, 0.1) is 12.6 Å². The van der Waals surface area contributed by atoms with Crippen molar-refractivity contribution in [3.05, 3.63) is 41.9 Å². The summed E-state index contributed by atoms with van der Waals surface area (Å²) in [6, 6.07) is 5.81. The molecule has 0 aromatic carbocycles. The molecule has 0 saturated carbocycles. The number of aliphatic hydroxyl groups excluding tert-OH is 1. The first-order chi connectivity index (χ1) is 12.3. The number of carbonyl (C=O) groups excluding carboxylic acids is 1. The SMILES string of the molecule is Cl.O=C(Nc1cc(CSCCO)ccn1)c1ccn(C2CCCNC2)n1. The smallest absolute Gasteiger partial charge is 0.277 e. The van der Waals surface area contributed by atoms with Crippen LogP contribution < -0.4 is 10.6 Å². The monoisotopic (exact) mass is 397 g/mol. The van der Waals surface area contributed by atoms with Crippen LogP contribution in [0.1, 0.15) is 34.9 Å². The molecule has 1 aliphatic heterocycles. The van der Waals surface area contributed by atoms with Crippen molar-refractivity contribution in [3.63, 3.8) is 0 Å². The summed E-state index contributed by atoms with van der Waals surface area (Å²) in [6.07, 6.45) is 5.74. The van der Waals surface area contributed by atoms with Gasteiger partial charge < -0.3 is 15.7 Å². The minimum atomic E-state index is -0.254. The maximum atomic E-state index is 12.4. The van der Waals surface area contributed by atoms with Gasteiger partial charge in [-0.05, 0) is 43.1 Å². The first kappa shape index (κ1) is 20.7. The maximum Gasteiger partial charge on any atom is 0.277 e. The van der Waals surface area contributed by atoms with E-state index in [9.17, 15) is 4.79 Å². The number of aromatic nitrogens is 3. The average Bonchev–Trinajstić information content (AvgIpc) is 3.13. The highest BCUT2D eigenvalue weighted by atomic mass is 35.5. The van der Waals surface area contributed by atoms with Crippen LogP contribution in [0.25, 0.3) is 0 Å². The molecule has 1 atom stereocenters. The summed E-state index contributed by atoms with van der Waals surface area (Å²) in [5, 5.41) is 19.4. The second-order valence-corrected chi connectivity index (χ2v) is 7.07. The molecule has 2 aromatic rings. The van der Waals surface area contributed by atoms with Crippen LogP contribution in [0, 0.1) is 0 Å². The Hall–Kier alpha value is -1.61. The first-order valence-electron chi connectivity index (χ1n) is 8.47. The van der Waals surface area contributed by atoms with E-state index in [1.807, 2.05) is 23.0 Å². The Morgan fingerprint density at radius 2 is 2.35 bits per heavy atom. The van der Waals surface area contributed by atoms with Crippen LogP contribution in [-0.4, -0.2) is 51.2 Å². The van der Waals surface area contributed by atoms with Crippen LogP contribution in [-0.2, 0) is 5.75 Å². The predicted octanol–water partition coefficient (Wildman–Crippen LogP) is 2.10. The zero-order chi connectivity index (χ0) is 17.5. The predicted molar refractivity (Wildman–Crippen MR) is 106 cm³/mol. The standard InChI is InChI=1S/C17H23N5O2S.ClH/c23-8-9-25-12-13-3-6-19-16(10-13)20-17(24)15-4-7-22(21-15)14-2-1-5-18-11-14;/h3-4,6-7,10,14,18,23H,1-2,5,8-9,11-12H2,(H,19,20,24);1H. The Morgan fingerprint density at radius 1 is 1.46 bits per heavy atom. The minimum absolute atomic E-state index is 0. The van der Waals surface area contributed by atoms with E-state index in [1.54, 1.807) is 24.0 Å². The molecule has 2 aromatic heterocycles. The summed E-state index contributed by atoms with van der Waals surface area (Å²) < 4.78 is 1.87. The van der Waals surface area contributed by atoms with E-state index >= 15 is 0 Å². The molecule has 3 rings (SSSR count). The number of rotatable bonds is 7. The number of piperidine rings is 1. The lowest BCUT2D eigenvalue weighted by atomic mass is 10.1. The average molecular weight is 398 g/mol. The maximum absolute atomic E-state index is 12.4. The molecular formula is C17H24ClN5O2S. The Bertz CT molecular complexity index is 706. The van der Waals surface area contributed by atoms with Gasteiger partial charge in [0.15, 0.2) is 5.69 Å². The van der Waals surface area contributed by atoms with E-state index in [4.69, 9.17) is 5.11 Å². The Kier molecular flexibility index (Phi) is 8.37. The quantitative estimate of drug-likeness (QED) is 0.620. The largest absolute Gasteiger partial charge is 0.396 e. The van der Waals surface area contributed by atoms with Gasteiger partial charge in [-0.15, -0.1) is 12.4 Å². The van der Waals surface area contributed by atoms with E-state index in [2.05, 4.69) is 20.7 Å². The number of carbonyl (C=O) groups is 1. The van der Waals surface area contributed by atoms with Crippen LogP contribution >= 0.6 is 24.2 Å². The van der Waals surface area contributed by atoms with Crippen molar-refractivity contribution in [1.29, 1.82) is 0 Å². The van der Waals surface area contributed by atoms with Crippen molar-refractivity contribution in [2.24, 2.45) is 0 Å². The number of hydrogen-bond donors (Lipinski definition) is 3. The van der Waals surface area contributed by atoms with Crippen LogP contribution in [0.15, 0.2) is 30.6 Å². The summed E-state index contributed by atoms with van der Waals surface area (Å²) in [5.41, 5.74) is 1.45. The summed E-state index contributed by atoms with van der Waals surface area (Å²) in [5.74, 6) is 1.73. The second kappa shape index (κ2) is 10.5. The van der Waals surface area contributed by atoms with Crippen molar-refractivity contribution < 1.29 is 9.90 Å². The fourth-order valence-corrected chi connectivity index (χ4v) is 3.48. The number of amides is 1. The highest BCUT2D eigenvalue weighted by Crippen LogP contribution is 2.17. The summed E-state index contributed by atoms with van der Waals surface area (Å²) >= 11 is 1.64. The molecule has 1 fully saturated rings. The third-order valence-electron chi connectivity index (χ3n) is 4.06. The molecule has 0 aliphatic carbocycles. The Morgan fingerprint density at radius 3 is 3.12 bits per heavy atom. The van der Waals surface area contributed by atoms with Gasteiger partial charge in [0, 0.05) is 30.4 Å². The molecule has 3 heterocycles. The van der Waals surface area contributed by atoms with Crippen molar-refractivity contribution in [1.82, 2.24) is 20.1 Å². The lowest BCUT2D eigenvalue weighted by molar-refractivity contribution is 0.102. The van der Waals surface area contributed by atoms with Gasteiger partial charge in [-0.25, -0.2) is 4.98 Å². The van der Waals surface area contributed by atoms with E-state index in [0.29, 0.717) is 23.3 Å². The molecule has 1 unspecified atom stereocenters. The van der Waals surface area contributed by atoms with Crippen molar-refractivity contribution >= 4 is 35.9 Å². The van der Waals surface area contributed by atoms with Gasteiger partial charge >= 0.3 is 0 Å². The molecule has 0 bridgehead atoms. The molecule has 9 heteroatoms. The topological polar surface area (TPSA) is 92.1 Å². The molecule has 3 N–H and O–H groups in total.